The van der Waals surface area contributed by atoms with Crippen LogP contribution in [0.2, 0.25) is 0 Å². The molecule has 0 saturated carbocycles. The van der Waals surface area contributed by atoms with Gasteiger partial charge in [0.2, 0.25) is 5.91 Å². The molecule has 1 aromatic carbocycles. The van der Waals surface area contributed by atoms with Crippen molar-refractivity contribution in [2.24, 2.45) is 17.8 Å². The van der Waals surface area contributed by atoms with E-state index in [-0.39, 0.29) is 5.91 Å². The fraction of sp³-hybridized carbons (Fsp3) is 0.682. The molecule has 2 N–H and O–H groups in total. The molecule has 2 unspecified atom stereocenters. The van der Waals surface area contributed by atoms with Gasteiger partial charge in [0, 0.05) is 25.2 Å². The minimum atomic E-state index is 0.164. The third-order valence-electron chi connectivity index (χ3n) is 5.99. The number of carbonyl (C=O) groups is 1. The van der Waals surface area contributed by atoms with Crippen LogP contribution >= 0.6 is 0 Å². The van der Waals surface area contributed by atoms with Gasteiger partial charge < -0.3 is 10.6 Å². The topological polar surface area (TPSA) is 44.4 Å². The summed E-state index contributed by atoms with van der Waals surface area (Å²) in [4.78, 5) is 15.1. The van der Waals surface area contributed by atoms with Gasteiger partial charge in [0.15, 0.2) is 0 Å². The highest BCUT2D eigenvalue weighted by molar-refractivity contribution is 5.92. The first kappa shape index (κ1) is 19.4. The van der Waals surface area contributed by atoms with Gasteiger partial charge in [-0.25, -0.2) is 0 Å². The molecule has 1 saturated heterocycles. The highest BCUT2D eigenvalue weighted by atomic mass is 16.1. The molecular formula is C22H35N3O. The summed E-state index contributed by atoms with van der Waals surface area (Å²) in [6.07, 6.45) is 4.32. The number of benzene rings is 1. The Bertz CT molecular complexity index is 607. The van der Waals surface area contributed by atoms with Crippen LogP contribution in [-0.2, 0) is 17.9 Å². The van der Waals surface area contributed by atoms with Crippen LogP contribution in [-0.4, -0.2) is 30.4 Å². The van der Waals surface area contributed by atoms with E-state index >= 15 is 0 Å². The van der Waals surface area contributed by atoms with Crippen LogP contribution in [0.25, 0.3) is 0 Å². The van der Waals surface area contributed by atoms with E-state index in [0.29, 0.717) is 18.3 Å². The van der Waals surface area contributed by atoms with Crippen molar-refractivity contribution in [2.75, 3.05) is 25.0 Å². The fourth-order valence-corrected chi connectivity index (χ4v) is 4.23. The first-order valence-corrected chi connectivity index (χ1v) is 10.4. The number of nitrogens with zero attached hydrogens (tertiary/aromatic N) is 1. The molecule has 1 amide bonds. The zero-order chi connectivity index (χ0) is 18.5. The van der Waals surface area contributed by atoms with Gasteiger partial charge in [0.25, 0.3) is 0 Å². The van der Waals surface area contributed by atoms with Gasteiger partial charge in [-0.1, -0.05) is 32.9 Å². The van der Waals surface area contributed by atoms with Crippen LogP contribution in [0.4, 0.5) is 5.69 Å². The quantitative estimate of drug-likeness (QED) is 0.775. The minimum absolute atomic E-state index is 0.164. The number of fused-ring (bicyclic) bond motifs is 1. The highest BCUT2D eigenvalue weighted by Crippen LogP contribution is 2.30. The van der Waals surface area contributed by atoms with Crippen molar-refractivity contribution in [2.45, 2.75) is 59.5 Å². The van der Waals surface area contributed by atoms with Crippen molar-refractivity contribution in [1.82, 2.24) is 10.2 Å². The van der Waals surface area contributed by atoms with Crippen molar-refractivity contribution in [3.63, 3.8) is 0 Å². The van der Waals surface area contributed by atoms with Crippen molar-refractivity contribution in [3.05, 3.63) is 29.3 Å². The predicted octanol–water partition coefficient (Wildman–Crippen LogP) is 4.01. The van der Waals surface area contributed by atoms with E-state index in [4.69, 9.17) is 0 Å². The summed E-state index contributed by atoms with van der Waals surface area (Å²) in [7, 11) is 0. The molecule has 144 valence electrons. The SMILES string of the molecule is CC(C)CCN1Cc2cccc(NC(=O)CC(C)C3CCCNC3)c2C1. The van der Waals surface area contributed by atoms with Crippen LogP contribution in [0, 0.1) is 17.8 Å². The maximum Gasteiger partial charge on any atom is 0.224 e. The molecular weight excluding hydrogens is 322 g/mol. The zero-order valence-corrected chi connectivity index (χ0v) is 16.7. The molecule has 0 radical (unpaired) electrons. The third-order valence-corrected chi connectivity index (χ3v) is 5.99. The van der Waals surface area contributed by atoms with E-state index in [1.807, 2.05) is 0 Å². The molecule has 0 bridgehead atoms. The average Bonchev–Trinajstić information content (AvgIpc) is 3.05. The van der Waals surface area contributed by atoms with Crippen molar-refractivity contribution in [3.8, 4) is 0 Å². The van der Waals surface area contributed by atoms with E-state index < -0.39 is 0 Å². The number of hydrogen-bond acceptors (Lipinski definition) is 3. The molecule has 0 aromatic heterocycles. The molecule has 1 fully saturated rings. The largest absolute Gasteiger partial charge is 0.326 e. The molecule has 2 heterocycles. The third kappa shape index (κ3) is 5.08. The lowest BCUT2D eigenvalue weighted by Gasteiger charge is -2.28. The van der Waals surface area contributed by atoms with Gasteiger partial charge in [0.05, 0.1) is 0 Å². The number of carbonyl (C=O) groups excluding carboxylic acids is 1. The van der Waals surface area contributed by atoms with Crippen molar-refractivity contribution >= 4 is 11.6 Å². The number of anilines is 1. The first-order chi connectivity index (χ1) is 12.5. The van der Waals surface area contributed by atoms with Crippen molar-refractivity contribution < 1.29 is 4.79 Å². The molecule has 4 heteroatoms. The Hall–Kier alpha value is -1.39. The molecule has 26 heavy (non-hydrogen) atoms. The molecule has 2 atom stereocenters. The smallest absolute Gasteiger partial charge is 0.224 e. The number of rotatable bonds is 7. The lowest BCUT2D eigenvalue weighted by atomic mass is 9.85. The van der Waals surface area contributed by atoms with Crippen molar-refractivity contribution in [1.29, 1.82) is 0 Å². The van der Waals surface area contributed by atoms with Gasteiger partial charge >= 0.3 is 0 Å². The van der Waals surface area contributed by atoms with E-state index in [2.05, 4.69) is 54.5 Å². The second kappa shape index (κ2) is 9.01. The fourth-order valence-electron chi connectivity index (χ4n) is 4.23. The van der Waals surface area contributed by atoms with Gasteiger partial charge in [-0.05, 0) is 73.8 Å². The molecule has 1 aromatic rings. The van der Waals surface area contributed by atoms with Crippen LogP contribution in [0.1, 0.15) is 57.6 Å². The molecule has 0 spiro atoms. The predicted molar refractivity (Wildman–Crippen MR) is 108 cm³/mol. The van der Waals surface area contributed by atoms with E-state index in [1.165, 1.54) is 30.4 Å². The summed E-state index contributed by atoms with van der Waals surface area (Å²) >= 11 is 0. The Balaban J connectivity index is 1.56. The Morgan fingerprint density at radius 1 is 1.31 bits per heavy atom. The Kier molecular flexibility index (Phi) is 6.71. The summed E-state index contributed by atoms with van der Waals surface area (Å²) in [6.45, 7) is 12.1. The van der Waals surface area contributed by atoms with Crippen LogP contribution < -0.4 is 10.6 Å². The van der Waals surface area contributed by atoms with Gasteiger partial charge in [-0.3, -0.25) is 9.69 Å². The lowest BCUT2D eigenvalue weighted by Crippen LogP contribution is -2.34. The molecule has 0 aliphatic carbocycles. The van der Waals surface area contributed by atoms with Crippen LogP contribution in [0.5, 0.6) is 0 Å². The first-order valence-electron chi connectivity index (χ1n) is 10.4. The van der Waals surface area contributed by atoms with Crippen LogP contribution in [0.15, 0.2) is 18.2 Å². The Morgan fingerprint density at radius 3 is 2.88 bits per heavy atom. The highest BCUT2D eigenvalue weighted by Gasteiger charge is 2.24. The Morgan fingerprint density at radius 2 is 2.15 bits per heavy atom. The standard InChI is InChI=1S/C22H35N3O/c1-16(2)9-11-25-14-19-6-4-8-21(20(19)15-25)24-22(26)12-17(3)18-7-5-10-23-13-18/h4,6,8,16-18,23H,5,7,9-15H2,1-3H3,(H,24,26). The maximum atomic E-state index is 12.6. The number of piperidine rings is 1. The van der Waals surface area contributed by atoms with Gasteiger partial charge in [-0.2, -0.15) is 0 Å². The summed E-state index contributed by atoms with van der Waals surface area (Å²) in [5.41, 5.74) is 3.71. The van der Waals surface area contributed by atoms with Gasteiger partial charge in [0.1, 0.15) is 0 Å². The summed E-state index contributed by atoms with van der Waals surface area (Å²) in [5.74, 6) is 1.95. The maximum absolute atomic E-state index is 12.6. The minimum Gasteiger partial charge on any atom is -0.326 e. The van der Waals surface area contributed by atoms with Crippen LogP contribution in [0.3, 0.4) is 0 Å². The number of nitrogens with one attached hydrogen (secondary N) is 2. The second-order valence-electron chi connectivity index (χ2n) is 8.67. The normalized spacial score (nSPS) is 21.6. The number of hydrogen-bond donors (Lipinski definition) is 2. The van der Waals surface area contributed by atoms with E-state index in [1.54, 1.807) is 0 Å². The summed E-state index contributed by atoms with van der Waals surface area (Å²) in [6, 6.07) is 6.35. The van der Waals surface area contributed by atoms with Gasteiger partial charge in [-0.15, -0.1) is 0 Å². The average molecular weight is 358 g/mol. The zero-order valence-electron chi connectivity index (χ0n) is 16.7. The molecule has 3 rings (SSSR count). The lowest BCUT2D eigenvalue weighted by molar-refractivity contribution is -0.117. The Labute approximate surface area is 158 Å². The summed E-state index contributed by atoms with van der Waals surface area (Å²) < 4.78 is 0. The molecule has 2 aliphatic rings. The van der Waals surface area contributed by atoms with E-state index in [9.17, 15) is 4.79 Å². The second-order valence-corrected chi connectivity index (χ2v) is 8.67. The molecule has 2 aliphatic heterocycles. The van der Waals surface area contributed by atoms with E-state index in [0.717, 1.165) is 44.3 Å². The monoisotopic (exact) mass is 357 g/mol. The molecule has 4 nitrogen and oxygen atoms in total. The summed E-state index contributed by atoms with van der Waals surface area (Å²) in [5, 5.41) is 6.67. The number of amides is 1.